The van der Waals surface area contributed by atoms with Crippen molar-refractivity contribution < 1.29 is 0 Å². The number of nitrogens with zero attached hydrogens (tertiary/aromatic N) is 2. The molecule has 0 radical (unpaired) electrons. The molecule has 0 N–H and O–H groups in total. The molecule has 4 rings (SSSR count). The summed E-state index contributed by atoms with van der Waals surface area (Å²) in [6.07, 6.45) is 2.14. The second kappa shape index (κ2) is 4.03. The average molecular weight is 276 g/mol. The van der Waals surface area contributed by atoms with Gasteiger partial charge in [0.25, 0.3) is 0 Å². The highest BCUT2D eigenvalue weighted by molar-refractivity contribution is 5.41. The minimum atomic E-state index is -0.176. The minimum Gasteiger partial charge on any atom is -0.181 e. The highest BCUT2D eigenvalue weighted by Crippen LogP contribution is 2.69. The van der Waals surface area contributed by atoms with Crippen molar-refractivity contribution in [2.45, 2.75) is 37.8 Å². The van der Waals surface area contributed by atoms with Crippen molar-refractivity contribution in [3.05, 3.63) is 71.8 Å². The van der Waals surface area contributed by atoms with Crippen LogP contribution in [0.25, 0.3) is 0 Å². The Morgan fingerprint density at radius 1 is 0.667 bits per heavy atom. The molecular weight excluding hydrogens is 256 g/mol. The first-order valence-corrected chi connectivity index (χ1v) is 7.68. The van der Waals surface area contributed by atoms with Gasteiger partial charge in [-0.2, -0.15) is 10.2 Å². The summed E-state index contributed by atoms with van der Waals surface area (Å²) in [6.45, 7) is 4.67. The van der Waals surface area contributed by atoms with Crippen molar-refractivity contribution in [2.75, 3.05) is 0 Å². The predicted octanol–water partition coefficient (Wildman–Crippen LogP) is 5.06. The molecular formula is C19H20N2. The monoisotopic (exact) mass is 276 g/mol. The van der Waals surface area contributed by atoms with Crippen molar-refractivity contribution in [1.82, 2.24) is 0 Å². The standard InChI is InChI=1S/C19H20N2/c1-17(2)18(15-9-5-3-6-10-15)13-14-19(17,21-20-18)16-11-7-4-8-12-16/h3-12H,13-14H2,1-2H3. The first kappa shape index (κ1) is 12.8. The predicted molar refractivity (Wildman–Crippen MR) is 84.1 cm³/mol. The van der Waals surface area contributed by atoms with E-state index >= 15 is 0 Å². The van der Waals surface area contributed by atoms with Crippen LogP contribution in [-0.4, -0.2) is 0 Å². The summed E-state index contributed by atoms with van der Waals surface area (Å²) < 4.78 is 0. The smallest absolute Gasteiger partial charge is 0.114 e. The van der Waals surface area contributed by atoms with E-state index in [1.807, 2.05) is 0 Å². The Kier molecular flexibility index (Phi) is 2.45. The Bertz CT molecular complexity index is 631. The van der Waals surface area contributed by atoms with Crippen LogP contribution in [-0.2, 0) is 11.1 Å². The molecule has 0 saturated heterocycles. The molecule has 2 aromatic rings. The molecule has 2 nitrogen and oxygen atoms in total. The molecule has 0 spiro atoms. The maximum absolute atomic E-state index is 4.83. The number of rotatable bonds is 2. The van der Waals surface area contributed by atoms with Crippen molar-refractivity contribution in [1.29, 1.82) is 0 Å². The van der Waals surface area contributed by atoms with Crippen LogP contribution >= 0.6 is 0 Å². The van der Waals surface area contributed by atoms with E-state index in [9.17, 15) is 0 Å². The number of fused-ring (bicyclic) bond motifs is 2. The lowest BCUT2D eigenvalue weighted by molar-refractivity contribution is 0.171. The van der Waals surface area contributed by atoms with Crippen LogP contribution in [0.3, 0.4) is 0 Å². The summed E-state index contributed by atoms with van der Waals surface area (Å²) in [7, 11) is 0. The second-order valence-corrected chi connectivity index (χ2v) is 6.78. The first-order valence-electron chi connectivity index (χ1n) is 7.68. The highest BCUT2D eigenvalue weighted by Gasteiger charge is 2.69. The fourth-order valence-corrected chi connectivity index (χ4v) is 4.40. The fourth-order valence-electron chi connectivity index (χ4n) is 4.40. The normalized spacial score (nSPS) is 32.5. The summed E-state index contributed by atoms with van der Waals surface area (Å²) in [6, 6.07) is 21.4. The molecule has 2 aliphatic rings. The molecule has 1 heterocycles. The van der Waals surface area contributed by atoms with Crippen LogP contribution in [0.1, 0.15) is 37.8 Å². The first-order chi connectivity index (χ1) is 10.1. The van der Waals surface area contributed by atoms with Gasteiger partial charge in [0, 0.05) is 5.41 Å². The van der Waals surface area contributed by atoms with E-state index in [1.165, 1.54) is 11.1 Å². The SMILES string of the molecule is CC1(C)C2(c3ccccc3)CCC1(c1ccccc1)N=N2. The largest absolute Gasteiger partial charge is 0.181 e. The molecule has 2 aromatic carbocycles. The van der Waals surface area contributed by atoms with Gasteiger partial charge in [0.05, 0.1) is 0 Å². The van der Waals surface area contributed by atoms with Gasteiger partial charge in [0.1, 0.15) is 11.1 Å². The van der Waals surface area contributed by atoms with E-state index < -0.39 is 0 Å². The molecule has 1 aliphatic carbocycles. The highest BCUT2D eigenvalue weighted by atomic mass is 15.3. The Morgan fingerprint density at radius 3 is 1.38 bits per heavy atom. The van der Waals surface area contributed by atoms with E-state index in [1.54, 1.807) is 0 Å². The molecule has 2 bridgehead atoms. The van der Waals surface area contributed by atoms with Gasteiger partial charge in [-0.25, -0.2) is 0 Å². The van der Waals surface area contributed by atoms with Crippen LogP contribution < -0.4 is 0 Å². The summed E-state index contributed by atoms with van der Waals surface area (Å²) in [5.41, 5.74) is 2.24. The van der Waals surface area contributed by atoms with Gasteiger partial charge >= 0.3 is 0 Å². The molecule has 2 heteroatoms. The zero-order chi connectivity index (χ0) is 14.6. The summed E-state index contributed by atoms with van der Waals surface area (Å²) in [4.78, 5) is 0. The molecule has 106 valence electrons. The summed E-state index contributed by atoms with van der Waals surface area (Å²) >= 11 is 0. The van der Waals surface area contributed by atoms with Gasteiger partial charge in [0.15, 0.2) is 0 Å². The maximum atomic E-state index is 4.83. The molecule has 1 fully saturated rings. The Labute approximate surface area is 125 Å². The van der Waals surface area contributed by atoms with Gasteiger partial charge in [-0.05, 0) is 24.0 Å². The number of hydrogen-bond donors (Lipinski definition) is 0. The molecule has 2 unspecified atom stereocenters. The van der Waals surface area contributed by atoms with Crippen LogP contribution in [0.2, 0.25) is 0 Å². The Morgan fingerprint density at radius 2 is 1.05 bits per heavy atom. The number of azo groups is 1. The minimum absolute atomic E-state index is 0.0112. The molecule has 0 amide bonds. The van der Waals surface area contributed by atoms with Gasteiger partial charge in [-0.1, -0.05) is 74.5 Å². The van der Waals surface area contributed by atoms with E-state index in [2.05, 4.69) is 74.5 Å². The molecule has 0 aromatic heterocycles. The van der Waals surface area contributed by atoms with Crippen molar-refractivity contribution in [3.63, 3.8) is 0 Å². The van der Waals surface area contributed by atoms with E-state index in [4.69, 9.17) is 10.2 Å². The fraction of sp³-hybridized carbons (Fsp3) is 0.368. The molecule has 1 aliphatic heterocycles. The van der Waals surface area contributed by atoms with E-state index in [0.29, 0.717) is 0 Å². The van der Waals surface area contributed by atoms with Crippen molar-refractivity contribution >= 4 is 0 Å². The van der Waals surface area contributed by atoms with Gasteiger partial charge < -0.3 is 0 Å². The van der Waals surface area contributed by atoms with Gasteiger partial charge in [-0.15, -0.1) is 0 Å². The quantitative estimate of drug-likeness (QED) is 0.732. The topological polar surface area (TPSA) is 24.7 Å². The van der Waals surface area contributed by atoms with E-state index in [-0.39, 0.29) is 16.5 Å². The Balaban J connectivity index is 1.89. The third-order valence-electron chi connectivity index (χ3n) is 5.81. The average Bonchev–Trinajstić information content (AvgIpc) is 2.92. The number of benzene rings is 2. The summed E-state index contributed by atoms with van der Waals surface area (Å²) in [5, 5.41) is 9.66. The van der Waals surface area contributed by atoms with E-state index in [0.717, 1.165) is 12.8 Å². The van der Waals surface area contributed by atoms with Crippen molar-refractivity contribution in [3.8, 4) is 0 Å². The molecule has 21 heavy (non-hydrogen) atoms. The zero-order valence-corrected chi connectivity index (χ0v) is 12.6. The zero-order valence-electron chi connectivity index (χ0n) is 12.6. The van der Waals surface area contributed by atoms with Gasteiger partial charge in [0.2, 0.25) is 0 Å². The van der Waals surface area contributed by atoms with Crippen molar-refractivity contribution in [2.24, 2.45) is 15.6 Å². The second-order valence-electron chi connectivity index (χ2n) is 6.78. The van der Waals surface area contributed by atoms with Crippen LogP contribution in [0, 0.1) is 5.41 Å². The summed E-state index contributed by atoms with van der Waals surface area (Å²) in [5.74, 6) is 0. The van der Waals surface area contributed by atoms with Gasteiger partial charge in [-0.3, -0.25) is 0 Å². The lowest BCUT2D eigenvalue weighted by atomic mass is 9.63. The molecule has 2 atom stereocenters. The van der Waals surface area contributed by atoms with Crippen LogP contribution in [0.4, 0.5) is 0 Å². The molecule has 1 saturated carbocycles. The van der Waals surface area contributed by atoms with Crippen LogP contribution in [0.15, 0.2) is 70.9 Å². The third kappa shape index (κ3) is 1.38. The maximum Gasteiger partial charge on any atom is 0.114 e. The lowest BCUT2D eigenvalue weighted by Gasteiger charge is -2.39. The lowest BCUT2D eigenvalue weighted by Crippen LogP contribution is -2.41. The third-order valence-corrected chi connectivity index (χ3v) is 5.81. The van der Waals surface area contributed by atoms with Crippen LogP contribution in [0.5, 0.6) is 0 Å². The number of hydrogen-bond acceptors (Lipinski definition) is 2. The Hall–Kier alpha value is -1.96.